The van der Waals surface area contributed by atoms with E-state index in [9.17, 15) is 8.42 Å². The van der Waals surface area contributed by atoms with Crippen molar-refractivity contribution in [3.05, 3.63) is 29.1 Å². The monoisotopic (exact) mass is 420 g/mol. The predicted molar refractivity (Wildman–Crippen MR) is 112 cm³/mol. The molecule has 1 N–H and O–H groups in total. The van der Waals surface area contributed by atoms with E-state index in [2.05, 4.69) is 24.6 Å². The average molecular weight is 421 g/mol. The van der Waals surface area contributed by atoms with Crippen LogP contribution in [0.1, 0.15) is 29.8 Å². The highest BCUT2D eigenvalue weighted by Crippen LogP contribution is 2.25. The van der Waals surface area contributed by atoms with Gasteiger partial charge < -0.3 is 14.5 Å². The number of nitrogens with zero attached hydrogens (tertiary/aromatic N) is 5. The van der Waals surface area contributed by atoms with Crippen molar-refractivity contribution in [1.29, 1.82) is 0 Å². The number of nitrogens with one attached hydrogen (secondary N) is 1. The summed E-state index contributed by atoms with van der Waals surface area (Å²) in [7, 11) is 1.53. The van der Waals surface area contributed by atoms with Gasteiger partial charge in [-0.15, -0.1) is 0 Å². The van der Waals surface area contributed by atoms with Crippen LogP contribution in [0.5, 0.6) is 5.75 Å². The highest BCUT2D eigenvalue weighted by atomic mass is 32.2. The highest BCUT2D eigenvalue weighted by Gasteiger charge is 2.21. The molecule has 1 aromatic heterocycles. The Morgan fingerprint density at radius 2 is 1.79 bits per heavy atom. The molecule has 0 amide bonds. The van der Waals surface area contributed by atoms with Crippen molar-refractivity contribution in [3.8, 4) is 5.75 Å². The van der Waals surface area contributed by atoms with Gasteiger partial charge in [0.05, 0.1) is 18.6 Å². The number of aromatic nitrogens is 3. The van der Waals surface area contributed by atoms with Crippen LogP contribution in [-0.4, -0.2) is 57.7 Å². The fourth-order valence-corrected chi connectivity index (χ4v) is 4.53. The summed E-state index contributed by atoms with van der Waals surface area (Å²) < 4.78 is 33.7. The molecule has 0 radical (unpaired) electrons. The molecule has 2 aromatic rings. The summed E-state index contributed by atoms with van der Waals surface area (Å²) in [6.45, 7) is 5.33. The third-order valence-corrected chi connectivity index (χ3v) is 6.39. The lowest BCUT2D eigenvalue weighted by atomic mass is 10.1. The van der Waals surface area contributed by atoms with Crippen LogP contribution in [0.2, 0.25) is 0 Å². The van der Waals surface area contributed by atoms with Gasteiger partial charge in [-0.3, -0.25) is 0 Å². The summed E-state index contributed by atoms with van der Waals surface area (Å²) in [6, 6.07) is 3.34. The van der Waals surface area contributed by atoms with Gasteiger partial charge in [0.15, 0.2) is 5.82 Å². The summed E-state index contributed by atoms with van der Waals surface area (Å²) in [6.07, 6.45) is 2.20. The van der Waals surface area contributed by atoms with E-state index in [1.807, 2.05) is 21.0 Å². The Hall–Kier alpha value is -2.46. The van der Waals surface area contributed by atoms with Crippen LogP contribution in [0.25, 0.3) is 0 Å². The standard InChI is InChI=1S/C19H28N6O3S/c1-13-11-16(14(2)10-15(13)28-5)29(26,27)20-12-17-21-18(24(3)4)23-19(22-17)25-8-6-7-9-25/h10-11,20H,6-9,12H2,1-5H3. The Labute approximate surface area is 172 Å². The highest BCUT2D eigenvalue weighted by molar-refractivity contribution is 7.89. The van der Waals surface area contributed by atoms with E-state index in [-0.39, 0.29) is 11.4 Å². The van der Waals surface area contributed by atoms with Crippen LogP contribution in [0.4, 0.5) is 11.9 Å². The van der Waals surface area contributed by atoms with Gasteiger partial charge in [-0.05, 0) is 49.9 Å². The number of rotatable bonds is 7. The molecule has 9 nitrogen and oxygen atoms in total. The lowest BCUT2D eigenvalue weighted by Crippen LogP contribution is -2.28. The van der Waals surface area contributed by atoms with Crippen LogP contribution in [0, 0.1) is 13.8 Å². The average Bonchev–Trinajstić information content (AvgIpc) is 3.22. The molecule has 1 aliphatic rings. The lowest BCUT2D eigenvalue weighted by molar-refractivity contribution is 0.411. The van der Waals surface area contributed by atoms with Crippen molar-refractivity contribution >= 4 is 21.9 Å². The topological polar surface area (TPSA) is 101 Å². The molecule has 158 valence electrons. The van der Waals surface area contributed by atoms with Crippen molar-refractivity contribution in [2.45, 2.75) is 38.1 Å². The summed E-state index contributed by atoms with van der Waals surface area (Å²) >= 11 is 0. The third kappa shape index (κ3) is 4.76. The van der Waals surface area contributed by atoms with Gasteiger partial charge in [0.25, 0.3) is 0 Å². The van der Waals surface area contributed by atoms with Gasteiger partial charge in [0.2, 0.25) is 21.9 Å². The van der Waals surface area contributed by atoms with Gasteiger partial charge in [-0.25, -0.2) is 13.1 Å². The van der Waals surface area contributed by atoms with Crippen LogP contribution in [0.3, 0.4) is 0 Å². The largest absolute Gasteiger partial charge is 0.496 e. The number of sulfonamides is 1. The molecule has 0 atom stereocenters. The van der Waals surface area contributed by atoms with E-state index in [0.29, 0.717) is 29.0 Å². The summed E-state index contributed by atoms with van der Waals surface area (Å²) in [5, 5.41) is 0. The van der Waals surface area contributed by atoms with Gasteiger partial charge in [-0.1, -0.05) is 0 Å². The zero-order valence-corrected chi connectivity index (χ0v) is 18.4. The molecule has 3 rings (SSSR count). The van der Waals surface area contributed by atoms with Gasteiger partial charge in [0.1, 0.15) is 5.75 Å². The van der Waals surface area contributed by atoms with E-state index in [4.69, 9.17) is 4.74 Å². The Balaban J connectivity index is 1.85. The molecule has 2 heterocycles. The molecule has 0 aliphatic carbocycles. The number of anilines is 2. The third-order valence-electron chi connectivity index (χ3n) is 4.85. The Bertz CT molecular complexity index is 988. The zero-order chi connectivity index (χ0) is 21.2. The van der Waals surface area contributed by atoms with E-state index < -0.39 is 10.0 Å². The molecule has 10 heteroatoms. The first kappa shape index (κ1) is 21.3. The molecule has 0 unspecified atom stereocenters. The molecule has 1 fully saturated rings. The number of benzene rings is 1. The fraction of sp³-hybridized carbons (Fsp3) is 0.526. The van der Waals surface area contributed by atoms with Crippen molar-refractivity contribution < 1.29 is 13.2 Å². The van der Waals surface area contributed by atoms with Crippen LogP contribution >= 0.6 is 0 Å². The van der Waals surface area contributed by atoms with Crippen LogP contribution in [0.15, 0.2) is 17.0 Å². The first-order valence-corrected chi connectivity index (χ1v) is 11.0. The first-order valence-electron chi connectivity index (χ1n) is 9.53. The molecular formula is C19H28N6O3S. The van der Waals surface area contributed by atoms with Crippen LogP contribution in [-0.2, 0) is 16.6 Å². The summed E-state index contributed by atoms with van der Waals surface area (Å²) in [5.41, 5.74) is 1.37. The van der Waals surface area contributed by atoms with Crippen molar-refractivity contribution in [2.75, 3.05) is 44.1 Å². The normalized spacial score (nSPS) is 14.3. The van der Waals surface area contributed by atoms with Gasteiger partial charge in [-0.2, -0.15) is 15.0 Å². The Morgan fingerprint density at radius 1 is 1.10 bits per heavy atom. The molecule has 29 heavy (non-hydrogen) atoms. The van der Waals surface area contributed by atoms with Gasteiger partial charge >= 0.3 is 0 Å². The summed E-state index contributed by atoms with van der Waals surface area (Å²) in [5.74, 6) is 2.14. The minimum atomic E-state index is -3.73. The second-order valence-corrected chi connectivity index (χ2v) is 9.09. The maximum absolute atomic E-state index is 12.9. The molecule has 0 bridgehead atoms. The Kier molecular flexibility index (Phi) is 6.23. The SMILES string of the molecule is COc1cc(C)c(S(=O)(=O)NCc2nc(N(C)C)nc(N3CCCC3)n2)cc1C. The predicted octanol–water partition coefficient (Wildman–Crippen LogP) is 1.64. The number of ether oxygens (including phenoxy) is 1. The van der Waals surface area contributed by atoms with E-state index in [1.165, 1.54) is 0 Å². The molecule has 0 saturated carbocycles. The van der Waals surface area contributed by atoms with E-state index in [1.54, 1.807) is 31.1 Å². The minimum absolute atomic E-state index is 0.0168. The Morgan fingerprint density at radius 3 is 2.41 bits per heavy atom. The second kappa shape index (κ2) is 8.50. The first-order chi connectivity index (χ1) is 13.7. The summed E-state index contributed by atoms with van der Waals surface area (Å²) in [4.78, 5) is 17.5. The quantitative estimate of drug-likeness (QED) is 0.722. The van der Waals surface area contributed by atoms with Crippen molar-refractivity contribution in [2.24, 2.45) is 0 Å². The number of aryl methyl sites for hydroxylation is 2. The number of hydrogen-bond donors (Lipinski definition) is 1. The number of hydrogen-bond acceptors (Lipinski definition) is 8. The van der Waals surface area contributed by atoms with Crippen molar-refractivity contribution in [1.82, 2.24) is 19.7 Å². The maximum atomic E-state index is 12.9. The lowest BCUT2D eigenvalue weighted by Gasteiger charge is -2.19. The maximum Gasteiger partial charge on any atom is 0.241 e. The van der Waals surface area contributed by atoms with Crippen molar-refractivity contribution in [3.63, 3.8) is 0 Å². The molecule has 1 aromatic carbocycles. The molecule has 0 spiro atoms. The molecule has 1 saturated heterocycles. The second-order valence-electron chi connectivity index (χ2n) is 7.35. The van der Waals surface area contributed by atoms with Crippen LogP contribution < -0.4 is 19.3 Å². The zero-order valence-electron chi connectivity index (χ0n) is 17.6. The molecular weight excluding hydrogens is 392 g/mol. The fourth-order valence-electron chi connectivity index (χ4n) is 3.24. The molecule has 1 aliphatic heterocycles. The number of methoxy groups -OCH3 is 1. The van der Waals surface area contributed by atoms with E-state index >= 15 is 0 Å². The smallest absolute Gasteiger partial charge is 0.241 e. The minimum Gasteiger partial charge on any atom is -0.496 e. The van der Waals surface area contributed by atoms with Gasteiger partial charge in [0, 0.05) is 27.2 Å². The van der Waals surface area contributed by atoms with E-state index in [0.717, 1.165) is 31.5 Å².